The van der Waals surface area contributed by atoms with Crippen molar-refractivity contribution in [3.63, 3.8) is 0 Å². The number of anilines is 1. The average Bonchev–Trinajstić information content (AvgIpc) is 2.76. The molecule has 2 amide bonds. The summed E-state index contributed by atoms with van der Waals surface area (Å²) in [6.45, 7) is -0.00977. The molecule has 2 aliphatic rings. The van der Waals surface area contributed by atoms with Crippen molar-refractivity contribution in [2.24, 2.45) is 0 Å². The van der Waals surface area contributed by atoms with E-state index in [-0.39, 0.29) is 31.8 Å². The highest BCUT2D eigenvalue weighted by Crippen LogP contribution is 2.35. The molecule has 6 heteroatoms. The second-order valence-electron chi connectivity index (χ2n) is 3.65. The molecule has 0 aromatic heterocycles. The Morgan fingerprint density at radius 2 is 1.71 bits per heavy atom. The Morgan fingerprint density at radius 1 is 1.00 bits per heavy atom. The quantitative estimate of drug-likeness (QED) is 0.655. The van der Waals surface area contributed by atoms with Crippen molar-refractivity contribution >= 4 is 17.5 Å². The van der Waals surface area contributed by atoms with E-state index >= 15 is 0 Å². The highest BCUT2D eigenvalue weighted by atomic mass is 16.7. The molecular formula is C11H9NO5. The van der Waals surface area contributed by atoms with Crippen LogP contribution in [0.5, 0.6) is 11.5 Å². The summed E-state index contributed by atoms with van der Waals surface area (Å²) in [4.78, 5) is 24.3. The summed E-state index contributed by atoms with van der Waals surface area (Å²) < 4.78 is 15.2. The number of imide groups is 1. The normalized spacial score (nSPS) is 18.7. The number of nitrogens with zero attached hydrogens (tertiary/aromatic N) is 1. The molecule has 0 atom stereocenters. The van der Waals surface area contributed by atoms with Crippen molar-refractivity contribution < 1.29 is 23.8 Å². The van der Waals surface area contributed by atoms with E-state index in [4.69, 9.17) is 14.2 Å². The van der Waals surface area contributed by atoms with Crippen molar-refractivity contribution in [1.82, 2.24) is 0 Å². The van der Waals surface area contributed by atoms with Gasteiger partial charge in [-0.15, -0.1) is 0 Å². The lowest BCUT2D eigenvalue weighted by atomic mass is 10.2. The minimum Gasteiger partial charge on any atom is -0.454 e. The first-order valence-electron chi connectivity index (χ1n) is 5.09. The summed E-state index contributed by atoms with van der Waals surface area (Å²) in [6.07, 6.45) is 0. The van der Waals surface area contributed by atoms with Crippen LogP contribution in [0, 0.1) is 0 Å². The van der Waals surface area contributed by atoms with Crippen LogP contribution in [0.3, 0.4) is 0 Å². The number of morpholine rings is 1. The van der Waals surface area contributed by atoms with E-state index < -0.39 is 0 Å². The molecular weight excluding hydrogens is 226 g/mol. The van der Waals surface area contributed by atoms with Crippen LogP contribution >= 0.6 is 0 Å². The van der Waals surface area contributed by atoms with E-state index in [1.807, 2.05) is 0 Å². The lowest BCUT2D eigenvalue weighted by Crippen LogP contribution is -2.46. The van der Waals surface area contributed by atoms with Crippen molar-refractivity contribution in [2.45, 2.75) is 0 Å². The fourth-order valence-electron chi connectivity index (χ4n) is 1.81. The van der Waals surface area contributed by atoms with E-state index in [0.29, 0.717) is 17.2 Å². The van der Waals surface area contributed by atoms with Gasteiger partial charge in [-0.2, -0.15) is 0 Å². The molecule has 0 unspecified atom stereocenters. The summed E-state index contributed by atoms with van der Waals surface area (Å²) in [7, 11) is 0. The number of carbonyl (C=O) groups excluding carboxylic acids is 2. The number of hydrogen-bond donors (Lipinski definition) is 0. The van der Waals surface area contributed by atoms with Gasteiger partial charge >= 0.3 is 0 Å². The van der Waals surface area contributed by atoms with Crippen LogP contribution in [0.25, 0.3) is 0 Å². The molecule has 3 rings (SSSR count). The molecule has 0 saturated carbocycles. The Bertz CT molecular complexity index is 483. The molecule has 2 heterocycles. The predicted octanol–water partition coefficient (Wildman–Crippen LogP) is 0.305. The fraction of sp³-hybridized carbons (Fsp3) is 0.273. The molecule has 0 aliphatic carbocycles. The third kappa shape index (κ3) is 1.62. The average molecular weight is 235 g/mol. The Kier molecular flexibility index (Phi) is 2.22. The number of fused-ring (bicyclic) bond motifs is 1. The second kappa shape index (κ2) is 3.74. The van der Waals surface area contributed by atoms with Crippen molar-refractivity contribution in [2.75, 3.05) is 24.9 Å². The van der Waals surface area contributed by atoms with Gasteiger partial charge in [-0.05, 0) is 12.1 Å². The summed E-state index contributed by atoms with van der Waals surface area (Å²) in [6, 6.07) is 4.94. The van der Waals surface area contributed by atoms with Crippen LogP contribution < -0.4 is 14.4 Å². The molecule has 1 fully saturated rings. The third-order valence-electron chi connectivity index (χ3n) is 2.56. The molecule has 88 valence electrons. The summed E-state index contributed by atoms with van der Waals surface area (Å²) >= 11 is 0. The smallest absolute Gasteiger partial charge is 0.259 e. The minimum absolute atomic E-state index is 0.0832. The number of carbonyl (C=O) groups is 2. The van der Waals surface area contributed by atoms with Crippen molar-refractivity contribution in [3.8, 4) is 11.5 Å². The second-order valence-corrected chi connectivity index (χ2v) is 3.65. The SMILES string of the molecule is O=C1COCC(=O)N1c1ccc2c(c1)OCO2. The van der Waals surface area contributed by atoms with Gasteiger partial charge in [0.15, 0.2) is 11.5 Å². The van der Waals surface area contributed by atoms with E-state index in [1.165, 1.54) is 0 Å². The number of ether oxygens (including phenoxy) is 3. The van der Waals surface area contributed by atoms with E-state index in [9.17, 15) is 9.59 Å². The van der Waals surface area contributed by atoms with Crippen LogP contribution in [0.15, 0.2) is 18.2 Å². The van der Waals surface area contributed by atoms with Gasteiger partial charge in [0.1, 0.15) is 13.2 Å². The number of rotatable bonds is 1. The lowest BCUT2D eigenvalue weighted by Gasteiger charge is -2.24. The van der Waals surface area contributed by atoms with Crippen LogP contribution in [-0.2, 0) is 14.3 Å². The zero-order valence-corrected chi connectivity index (χ0v) is 8.84. The Morgan fingerprint density at radius 3 is 2.47 bits per heavy atom. The summed E-state index contributed by atoms with van der Waals surface area (Å²) in [5.41, 5.74) is 0.479. The molecule has 1 aromatic carbocycles. The first-order chi connectivity index (χ1) is 8.25. The monoisotopic (exact) mass is 235 g/mol. The van der Waals surface area contributed by atoms with Gasteiger partial charge in [0.2, 0.25) is 6.79 Å². The predicted molar refractivity (Wildman–Crippen MR) is 55.9 cm³/mol. The van der Waals surface area contributed by atoms with Crippen LogP contribution in [0.2, 0.25) is 0 Å². The van der Waals surface area contributed by atoms with Gasteiger partial charge in [-0.25, -0.2) is 4.90 Å². The maximum absolute atomic E-state index is 11.6. The first kappa shape index (κ1) is 10.1. The molecule has 1 saturated heterocycles. The van der Waals surface area contributed by atoms with Crippen molar-refractivity contribution in [1.29, 1.82) is 0 Å². The Hall–Kier alpha value is -2.08. The van der Waals surface area contributed by atoms with Gasteiger partial charge in [0.25, 0.3) is 11.8 Å². The van der Waals surface area contributed by atoms with Gasteiger partial charge in [-0.1, -0.05) is 0 Å². The van der Waals surface area contributed by atoms with E-state index in [2.05, 4.69) is 0 Å². The lowest BCUT2D eigenvalue weighted by molar-refractivity contribution is -0.138. The highest BCUT2D eigenvalue weighted by Gasteiger charge is 2.29. The van der Waals surface area contributed by atoms with E-state index in [0.717, 1.165) is 4.90 Å². The highest BCUT2D eigenvalue weighted by molar-refractivity contribution is 6.17. The van der Waals surface area contributed by atoms with Gasteiger partial charge in [0.05, 0.1) is 5.69 Å². The van der Waals surface area contributed by atoms with Crippen molar-refractivity contribution in [3.05, 3.63) is 18.2 Å². The van der Waals surface area contributed by atoms with Crippen LogP contribution in [0.1, 0.15) is 0 Å². The first-order valence-corrected chi connectivity index (χ1v) is 5.09. The Labute approximate surface area is 96.7 Å². The maximum Gasteiger partial charge on any atom is 0.259 e. The molecule has 0 N–H and O–H groups in total. The maximum atomic E-state index is 11.6. The standard InChI is InChI=1S/C11H9NO5/c13-10-4-15-5-11(14)12(10)7-1-2-8-9(3-7)17-6-16-8/h1-3H,4-6H2. The molecule has 17 heavy (non-hydrogen) atoms. The minimum atomic E-state index is -0.375. The van der Waals surface area contributed by atoms with Crippen LogP contribution in [-0.4, -0.2) is 31.8 Å². The molecule has 1 aromatic rings. The number of amides is 2. The largest absolute Gasteiger partial charge is 0.454 e. The zero-order valence-electron chi connectivity index (χ0n) is 8.84. The number of benzene rings is 1. The third-order valence-corrected chi connectivity index (χ3v) is 2.56. The number of hydrogen-bond acceptors (Lipinski definition) is 5. The van der Waals surface area contributed by atoms with Gasteiger partial charge in [0, 0.05) is 6.07 Å². The van der Waals surface area contributed by atoms with Gasteiger partial charge < -0.3 is 14.2 Å². The molecule has 0 bridgehead atoms. The van der Waals surface area contributed by atoms with E-state index in [1.54, 1.807) is 18.2 Å². The Balaban J connectivity index is 1.97. The van der Waals surface area contributed by atoms with Gasteiger partial charge in [-0.3, -0.25) is 9.59 Å². The summed E-state index contributed by atoms with van der Waals surface area (Å²) in [5, 5.41) is 0. The topological polar surface area (TPSA) is 65.1 Å². The van der Waals surface area contributed by atoms with Crippen LogP contribution in [0.4, 0.5) is 5.69 Å². The zero-order chi connectivity index (χ0) is 11.8. The molecule has 0 spiro atoms. The summed E-state index contributed by atoms with van der Waals surface area (Å²) in [5.74, 6) is 0.400. The molecule has 2 aliphatic heterocycles. The molecule has 0 radical (unpaired) electrons. The molecule has 6 nitrogen and oxygen atoms in total. The fourth-order valence-corrected chi connectivity index (χ4v) is 1.81.